The molecule has 2 nitrogen and oxygen atoms in total. The lowest BCUT2D eigenvalue weighted by atomic mass is 10.1. The van der Waals surface area contributed by atoms with Crippen LogP contribution in [0.2, 0.25) is 0 Å². The number of allylic oxidation sites excluding steroid dienone is 4. The lowest BCUT2D eigenvalue weighted by Gasteiger charge is -1.99. The van der Waals surface area contributed by atoms with Crippen LogP contribution in [0.25, 0.3) is 0 Å². The molecule has 90 valence electrons. The third-order valence-corrected chi connectivity index (χ3v) is 2.35. The molecule has 0 spiro atoms. The highest BCUT2D eigenvalue weighted by molar-refractivity contribution is 6.36. The Balaban J connectivity index is 3.83. The molecule has 0 bridgehead atoms. The van der Waals surface area contributed by atoms with Crippen molar-refractivity contribution in [3.63, 3.8) is 0 Å². The summed E-state index contributed by atoms with van der Waals surface area (Å²) in [5, 5.41) is 0. The lowest BCUT2D eigenvalue weighted by molar-refractivity contribution is -0.135. The predicted molar refractivity (Wildman–Crippen MR) is 67.3 cm³/mol. The van der Waals surface area contributed by atoms with E-state index in [1.165, 1.54) is 18.1 Å². The first-order chi connectivity index (χ1) is 7.43. The molecule has 0 aromatic rings. The zero-order valence-corrected chi connectivity index (χ0v) is 10.8. The van der Waals surface area contributed by atoms with Gasteiger partial charge < -0.3 is 0 Å². The van der Waals surface area contributed by atoms with Gasteiger partial charge in [0.2, 0.25) is 0 Å². The van der Waals surface area contributed by atoms with E-state index in [9.17, 15) is 9.59 Å². The average molecular weight is 222 g/mol. The second-order valence-electron chi connectivity index (χ2n) is 4.39. The number of hydrogen-bond donors (Lipinski definition) is 0. The van der Waals surface area contributed by atoms with Crippen molar-refractivity contribution in [1.82, 2.24) is 0 Å². The van der Waals surface area contributed by atoms with Gasteiger partial charge in [0, 0.05) is 13.3 Å². The molecule has 0 saturated carbocycles. The number of ketones is 2. The summed E-state index contributed by atoms with van der Waals surface area (Å²) in [5.41, 5.74) is 2.62. The van der Waals surface area contributed by atoms with Crippen LogP contribution in [-0.4, -0.2) is 11.6 Å². The number of carbonyl (C=O) groups excluding carboxylic acids is 2. The van der Waals surface area contributed by atoms with Crippen molar-refractivity contribution in [3.8, 4) is 0 Å². The van der Waals surface area contributed by atoms with E-state index in [0.717, 1.165) is 12.8 Å². The van der Waals surface area contributed by atoms with E-state index in [0.29, 0.717) is 12.8 Å². The van der Waals surface area contributed by atoms with Gasteiger partial charge >= 0.3 is 0 Å². The van der Waals surface area contributed by atoms with Crippen LogP contribution in [0.5, 0.6) is 0 Å². The molecule has 0 radical (unpaired) electrons. The third-order valence-electron chi connectivity index (χ3n) is 2.35. The largest absolute Gasteiger partial charge is 0.291 e. The van der Waals surface area contributed by atoms with E-state index in [2.05, 4.69) is 32.9 Å². The topological polar surface area (TPSA) is 34.1 Å². The SMILES string of the molecule is CC(=O)C(=O)CC/C=C(\C)CCC=C(C)C. The van der Waals surface area contributed by atoms with E-state index in [1.54, 1.807) is 0 Å². The smallest absolute Gasteiger partial charge is 0.198 e. The fraction of sp³-hybridized carbons (Fsp3) is 0.571. The van der Waals surface area contributed by atoms with Gasteiger partial charge in [-0.1, -0.05) is 23.3 Å². The fourth-order valence-electron chi connectivity index (χ4n) is 1.32. The Morgan fingerprint density at radius 2 is 1.44 bits per heavy atom. The molecule has 0 heterocycles. The Morgan fingerprint density at radius 3 is 1.94 bits per heavy atom. The highest BCUT2D eigenvalue weighted by atomic mass is 16.2. The number of rotatable bonds is 7. The minimum absolute atomic E-state index is 0.270. The first kappa shape index (κ1) is 14.8. The van der Waals surface area contributed by atoms with Crippen molar-refractivity contribution in [3.05, 3.63) is 23.3 Å². The normalized spacial score (nSPS) is 11.1. The monoisotopic (exact) mass is 222 g/mol. The van der Waals surface area contributed by atoms with Crippen LogP contribution in [0.1, 0.15) is 53.4 Å². The van der Waals surface area contributed by atoms with E-state index in [1.807, 2.05) is 0 Å². The molecular formula is C14H22O2. The van der Waals surface area contributed by atoms with Crippen molar-refractivity contribution in [2.24, 2.45) is 0 Å². The summed E-state index contributed by atoms with van der Waals surface area (Å²) < 4.78 is 0. The van der Waals surface area contributed by atoms with Crippen molar-refractivity contribution in [2.45, 2.75) is 53.4 Å². The van der Waals surface area contributed by atoms with Crippen molar-refractivity contribution in [2.75, 3.05) is 0 Å². The summed E-state index contributed by atoms with van der Waals surface area (Å²) in [4.78, 5) is 21.7. The molecule has 0 unspecified atom stereocenters. The summed E-state index contributed by atoms with van der Waals surface area (Å²) >= 11 is 0. The Labute approximate surface area is 98.4 Å². The Morgan fingerprint density at radius 1 is 0.875 bits per heavy atom. The summed E-state index contributed by atoms with van der Waals surface area (Å²) in [7, 11) is 0. The first-order valence-corrected chi connectivity index (χ1v) is 5.76. The van der Waals surface area contributed by atoms with Crippen LogP contribution in [0.3, 0.4) is 0 Å². The molecule has 0 saturated heterocycles. The van der Waals surface area contributed by atoms with Crippen molar-refractivity contribution < 1.29 is 9.59 Å². The summed E-state index contributed by atoms with van der Waals surface area (Å²) in [6.07, 6.45) is 7.36. The van der Waals surface area contributed by atoms with E-state index in [-0.39, 0.29) is 11.6 Å². The molecule has 0 aliphatic rings. The molecule has 16 heavy (non-hydrogen) atoms. The van der Waals surface area contributed by atoms with Gasteiger partial charge in [-0.2, -0.15) is 0 Å². The van der Waals surface area contributed by atoms with E-state index in [4.69, 9.17) is 0 Å². The molecule has 0 amide bonds. The molecule has 0 aromatic carbocycles. The van der Waals surface area contributed by atoms with Crippen LogP contribution in [0, 0.1) is 0 Å². The number of carbonyl (C=O) groups is 2. The molecular weight excluding hydrogens is 200 g/mol. The van der Waals surface area contributed by atoms with Gasteiger partial charge in [0.15, 0.2) is 11.6 Å². The van der Waals surface area contributed by atoms with Crippen molar-refractivity contribution in [1.29, 1.82) is 0 Å². The minimum atomic E-state index is -0.337. The van der Waals surface area contributed by atoms with Gasteiger partial charge in [-0.15, -0.1) is 0 Å². The highest BCUT2D eigenvalue weighted by Crippen LogP contribution is 2.08. The summed E-state index contributed by atoms with van der Waals surface area (Å²) in [5.74, 6) is -0.607. The van der Waals surface area contributed by atoms with Crippen LogP contribution < -0.4 is 0 Å². The molecule has 2 heteroatoms. The van der Waals surface area contributed by atoms with Gasteiger partial charge in [-0.25, -0.2) is 0 Å². The molecule has 0 rings (SSSR count). The molecule has 0 fully saturated rings. The van der Waals surface area contributed by atoms with Gasteiger partial charge in [0.25, 0.3) is 0 Å². The molecule has 0 aliphatic heterocycles. The van der Waals surface area contributed by atoms with Gasteiger partial charge in [0.05, 0.1) is 0 Å². The molecule has 0 aromatic heterocycles. The average Bonchev–Trinajstić information content (AvgIpc) is 2.16. The van der Waals surface area contributed by atoms with Gasteiger partial charge in [-0.05, 0) is 40.0 Å². The van der Waals surface area contributed by atoms with Crippen LogP contribution in [0.4, 0.5) is 0 Å². The Hall–Kier alpha value is -1.18. The lowest BCUT2D eigenvalue weighted by Crippen LogP contribution is -2.07. The van der Waals surface area contributed by atoms with Gasteiger partial charge in [0.1, 0.15) is 0 Å². The maximum atomic E-state index is 11.0. The van der Waals surface area contributed by atoms with Crippen molar-refractivity contribution >= 4 is 11.6 Å². The summed E-state index contributed by atoms with van der Waals surface area (Å²) in [6, 6.07) is 0. The minimum Gasteiger partial charge on any atom is -0.291 e. The van der Waals surface area contributed by atoms with Crippen LogP contribution >= 0.6 is 0 Å². The summed E-state index contributed by atoms with van der Waals surface area (Å²) in [6.45, 7) is 7.57. The zero-order chi connectivity index (χ0) is 12.6. The number of hydrogen-bond acceptors (Lipinski definition) is 2. The zero-order valence-electron chi connectivity index (χ0n) is 10.8. The quantitative estimate of drug-likeness (QED) is 0.487. The van der Waals surface area contributed by atoms with Crippen LogP contribution in [0.15, 0.2) is 23.3 Å². The van der Waals surface area contributed by atoms with Crippen LogP contribution in [-0.2, 0) is 9.59 Å². The van der Waals surface area contributed by atoms with E-state index < -0.39 is 0 Å². The van der Waals surface area contributed by atoms with Gasteiger partial charge in [-0.3, -0.25) is 9.59 Å². The number of Topliss-reactive ketones (excluding diaryl/α,β-unsaturated/α-hetero) is 2. The predicted octanol–water partition coefficient (Wildman–Crippen LogP) is 3.62. The standard InChI is InChI=1S/C14H22O2/c1-11(2)7-5-8-12(3)9-6-10-14(16)13(4)15/h7,9H,5-6,8,10H2,1-4H3/b12-9+. The molecule has 0 aliphatic carbocycles. The highest BCUT2D eigenvalue weighted by Gasteiger charge is 2.05. The van der Waals surface area contributed by atoms with E-state index >= 15 is 0 Å². The maximum absolute atomic E-state index is 11.0. The Bertz CT molecular complexity index is 305. The Kier molecular flexibility index (Phi) is 7.44. The fourth-order valence-corrected chi connectivity index (χ4v) is 1.32. The molecule has 0 atom stereocenters. The maximum Gasteiger partial charge on any atom is 0.198 e. The third kappa shape index (κ3) is 8.16. The molecule has 0 N–H and O–H groups in total. The first-order valence-electron chi connectivity index (χ1n) is 5.76. The second kappa shape index (κ2) is 8.03. The second-order valence-corrected chi connectivity index (χ2v) is 4.39.